The molecule has 0 bridgehead atoms. The first kappa shape index (κ1) is 12.4. The van der Waals surface area contributed by atoms with Crippen LogP contribution in [-0.4, -0.2) is 19.1 Å². The molecule has 1 fully saturated rings. The summed E-state index contributed by atoms with van der Waals surface area (Å²) in [5.74, 6) is 0.0125. The number of hydrogen-bond donors (Lipinski definition) is 2. The molecule has 0 aromatic heterocycles. The monoisotopic (exact) mass is 244 g/mol. The fourth-order valence-electron chi connectivity index (χ4n) is 2.24. The third-order valence-electron chi connectivity index (χ3n) is 3.17. The smallest absolute Gasteiger partial charge is 0.326 e. The molecule has 1 aromatic carbocycles. The van der Waals surface area contributed by atoms with E-state index in [9.17, 15) is 13.2 Å². The van der Waals surface area contributed by atoms with Gasteiger partial charge in [0.05, 0.1) is 5.56 Å². The summed E-state index contributed by atoms with van der Waals surface area (Å²) >= 11 is 0. The standard InChI is InChI=1S/C12H15F3N2/c13-12(14,15)9-3-1-2-8(6-9)10-4-5-17-7-11(10)16/h1-3,6,10-11,17H,4-5,7,16H2. The van der Waals surface area contributed by atoms with Crippen molar-refractivity contribution in [2.45, 2.75) is 24.6 Å². The molecular weight excluding hydrogens is 229 g/mol. The largest absolute Gasteiger partial charge is 0.416 e. The van der Waals surface area contributed by atoms with Crippen molar-refractivity contribution in [2.24, 2.45) is 5.73 Å². The molecule has 2 nitrogen and oxygen atoms in total. The number of hydrogen-bond acceptors (Lipinski definition) is 2. The van der Waals surface area contributed by atoms with Gasteiger partial charge in [-0.25, -0.2) is 0 Å². The predicted octanol–water partition coefficient (Wildman–Crippen LogP) is 2.11. The van der Waals surface area contributed by atoms with Crippen LogP contribution in [0.25, 0.3) is 0 Å². The van der Waals surface area contributed by atoms with E-state index in [2.05, 4.69) is 5.32 Å². The lowest BCUT2D eigenvalue weighted by Gasteiger charge is -2.30. The zero-order chi connectivity index (χ0) is 12.5. The van der Waals surface area contributed by atoms with Gasteiger partial charge in [0.15, 0.2) is 0 Å². The van der Waals surface area contributed by atoms with E-state index in [1.165, 1.54) is 12.1 Å². The quantitative estimate of drug-likeness (QED) is 0.794. The molecule has 2 rings (SSSR count). The van der Waals surface area contributed by atoms with Crippen LogP contribution >= 0.6 is 0 Å². The van der Waals surface area contributed by atoms with Crippen LogP contribution < -0.4 is 11.1 Å². The average Bonchev–Trinajstić information content (AvgIpc) is 2.29. The van der Waals surface area contributed by atoms with Crippen LogP contribution in [0.1, 0.15) is 23.5 Å². The van der Waals surface area contributed by atoms with Crippen molar-refractivity contribution >= 4 is 0 Å². The molecule has 0 amide bonds. The summed E-state index contributed by atoms with van der Waals surface area (Å²) in [4.78, 5) is 0. The normalized spacial score (nSPS) is 25.9. The second-order valence-corrected chi connectivity index (χ2v) is 4.39. The maximum absolute atomic E-state index is 12.6. The minimum Gasteiger partial charge on any atom is -0.326 e. The van der Waals surface area contributed by atoms with Crippen LogP contribution in [0.15, 0.2) is 24.3 Å². The third-order valence-corrected chi connectivity index (χ3v) is 3.17. The summed E-state index contributed by atoms with van der Waals surface area (Å²) in [6.45, 7) is 1.45. The second-order valence-electron chi connectivity index (χ2n) is 4.39. The molecule has 1 aliphatic heterocycles. The molecule has 5 heteroatoms. The highest BCUT2D eigenvalue weighted by molar-refractivity contribution is 5.29. The van der Waals surface area contributed by atoms with E-state index in [0.29, 0.717) is 12.1 Å². The van der Waals surface area contributed by atoms with Gasteiger partial charge in [0.1, 0.15) is 0 Å². The molecule has 1 aromatic rings. The van der Waals surface area contributed by atoms with E-state index in [0.717, 1.165) is 19.0 Å². The number of alkyl halides is 3. The minimum absolute atomic E-state index is 0.0125. The van der Waals surface area contributed by atoms with E-state index in [1.807, 2.05) is 0 Å². The van der Waals surface area contributed by atoms with Gasteiger partial charge < -0.3 is 11.1 Å². The Bertz CT molecular complexity index is 390. The number of piperidine rings is 1. The molecule has 0 saturated carbocycles. The molecule has 1 saturated heterocycles. The Labute approximate surface area is 98.0 Å². The Morgan fingerprint density at radius 1 is 1.29 bits per heavy atom. The summed E-state index contributed by atoms with van der Waals surface area (Å²) in [7, 11) is 0. The fourth-order valence-corrected chi connectivity index (χ4v) is 2.24. The number of halogens is 3. The van der Waals surface area contributed by atoms with Gasteiger partial charge >= 0.3 is 6.18 Å². The lowest BCUT2D eigenvalue weighted by atomic mass is 9.86. The SMILES string of the molecule is NC1CNCCC1c1cccc(C(F)(F)F)c1. The zero-order valence-electron chi connectivity index (χ0n) is 9.30. The molecule has 1 aliphatic rings. The Morgan fingerprint density at radius 2 is 2.06 bits per heavy atom. The summed E-state index contributed by atoms with van der Waals surface area (Å²) in [6, 6.07) is 5.37. The highest BCUT2D eigenvalue weighted by Gasteiger charge is 2.32. The van der Waals surface area contributed by atoms with Crippen molar-refractivity contribution < 1.29 is 13.2 Å². The topological polar surface area (TPSA) is 38.0 Å². The van der Waals surface area contributed by atoms with E-state index in [4.69, 9.17) is 5.73 Å². The number of rotatable bonds is 1. The van der Waals surface area contributed by atoms with E-state index in [1.54, 1.807) is 6.07 Å². The van der Waals surface area contributed by atoms with Crippen molar-refractivity contribution in [3.8, 4) is 0 Å². The Balaban J connectivity index is 2.26. The third kappa shape index (κ3) is 2.79. The first-order valence-electron chi connectivity index (χ1n) is 5.62. The number of nitrogens with two attached hydrogens (primary N) is 1. The molecular formula is C12H15F3N2. The molecule has 2 unspecified atom stereocenters. The molecule has 0 aliphatic carbocycles. The van der Waals surface area contributed by atoms with Gasteiger partial charge in [-0.05, 0) is 24.6 Å². The predicted molar refractivity (Wildman–Crippen MR) is 59.6 cm³/mol. The van der Waals surface area contributed by atoms with Crippen molar-refractivity contribution in [3.05, 3.63) is 35.4 Å². The molecule has 17 heavy (non-hydrogen) atoms. The first-order valence-corrected chi connectivity index (χ1v) is 5.62. The highest BCUT2D eigenvalue weighted by atomic mass is 19.4. The number of nitrogens with one attached hydrogen (secondary N) is 1. The summed E-state index contributed by atoms with van der Waals surface area (Å²) < 4.78 is 37.8. The minimum atomic E-state index is -4.28. The van der Waals surface area contributed by atoms with Crippen LogP contribution in [0.5, 0.6) is 0 Å². The second kappa shape index (κ2) is 4.66. The first-order chi connectivity index (χ1) is 7.98. The van der Waals surface area contributed by atoms with Gasteiger partial charge in [-0.15, -0.1) is 0 Å². The lowest BCUT2D eigenvalue weighted by Crippen LogP contribution is -2.44. The van der Waals surface area contributed by atoms with Crippen LogP contribution in [0.4, 0.5) is 13.2 Å². The lowest BCUT2D eigenvalue weighted by molar-refractivity contribution is -0.137. The highest BCUT2D eigenvalue weighted by Crippen LogP contribution is 2.32. The molecule has 3 N–H and O–H groups in total. The maximum Gasteiger partial charge on any atom is 0.416 e. The van der Waals surface area contributed by atoms with Gasteiger partial charge in [0.2, 0.25) is 0 Å². The van der Waals surface area contributed by atoms with Crippen LogP contribution in [0, 0.1) is 0 Å². The van der Waals surface area contributed by atoms with Crippen LogP contribution in [0.2, 0.25) is 0 Å². The Kier molecular flexibility index (Phi) is 3.40. The van der Waals surface area contributed by atoms with Crippen molar-refractivity contribution in [2.75, 3.05) is 13.1 Å². The van der Waals surface area contributed by atoms with Crippen molar-refractivity contribution in [3.63, 3.8) is 0 Å². The molecule has 1 heterocycles. The maximum atomic E-state index is 12.6. The van der Waals surface area contributed by atoms with Crippen LogP contribution in [0.3, 0.4) is 0 Å². The Hall–Kier alpha value is -1.07. The van der Waals surface area contributed by atoms with Gasteiger partial charge in [0, 0.05) is 18.5 Å². The van der Waals surface area contributed by atoms with Crippen molar-refractivity contribution in [1.29, 1.82) is 0 Å². The van der Waals surface area contributed by atoms with Gasteiger partial charge in [-0.2, -0.15) is 13.2 Å². The van der Waals surface area contributed by atoms with Gasteiger partial charge in [-0.1, -0.05) is 18.2 Å². The molecule has 94 valence electrons. The molecule has 2 atom stereocenters. The van der Waals surface area contributed by atoms with Gasteiger partial charge in [-0.3, -0.25) is 0 Å². The number of benzene rings is 1. The van der Waals surface area contributed by atoms with E-state index < -0.39 is 11.7 Å². The molecule has 0 radical (unpaired) electrons. The summed E-state index contributed by atoms with van der Waals surface area (Å²) in [6.07, 6.45) is -3.50. The summed E-state index contributed by atoms with van der Waals surface area (Å²) in [5, 5.41) is 3.13. The fraction of sp³-hybridized carbons (Fsp3) is 0.500. The molecule has 0 spiro atoms. The Morgan fingerprint density at radius 3 is 2.71 bits per heavy atom. The van der Waals surface area contributed by atoms with Gasteiger partial charge in [0.25, 0.3) is 0 Å². The van der Waals surface area contributed by atoms with E-state index >= 15 is 0 Å². The van der Waals surface area contributed by atoms with Crippen molar-refractivity contribution in [1.82, 2.24) is 5.32 Å². The zero-order valence-corrected chi connectivity index (χ0v) is 9.30. The average molecular weight is 244 g/mol. The summed E-state index contributed by atoms with van der Waals surface area (Å²) in [5.41, 5.74) is 6.02. The van der Waals surface area contributed by atoms with Crippen LogP contribution in [-0.2, 0) is 6.18 Å². The van der Waals surface area contributed by atoms with E-state index in [-0.39, 0.29) is 12.0 Å².